The van der Waals surface area contributed by atoms with Gasteiger partial charge >= 0.3 is 12.1 Å². The number of oxime groups is 1. The van der Waals surface area contributed by atoms with Crippen LogP contribution in [0.25, 0.3) is 0 Å². The second-order valence-corrected chi connectivity index (χ2v) is 7.95. The molecule has 5 N–H and O–H groups in total. The molecule has 1 aromatic rings. The minimum absolute atomic E-state index is 0.0338. The SMILES string of the molecule is CC(C)(C)OC(=O)N[C@@H](CCC(N)=O)C(=O)O/N=C(\N)Cc1ccc(Cl)cc1Cl. The Balaban J connectivity index is 2.77. The van der Waals surface area contributed by atoms with Crippen molar-refractivity contribution in [3.63, 3.8) is 0 Å². The lowest BCUT2D eigenvalue weighted by Crippen LogP contribution is -2.44. The number of halogens is 2. The molecule has 11 heteroatoms. The zero-order chi connectivity index (χ0) is 22.2. The topological polar surface area (TPSA) is 146 Å². The van der Waals surface area contributed by atoms with E-state index in [-0.39, 0.29) is 25.1 Å². The monoisotopic (exact) mass is 446 g/mol. The van der Waals surface area contributed by atoms with Crippen molar-refractivity contribution in [1.82, 2.24) is 5.32 Å². The summed E-state index contributed by atoms with van der Waals surface area (Å²) in [4.78, 5) is 40.0. The first-order valence-electron chi connectivity index (χ1n) is 8.62. The predicted octanol–water partition coefficient (Wildman–Crippen LogP) is 2.51. The van der Waals surface area contributed by atoms with Gasteiger partial charge in [0, 0.05) is 22.9 Å². The fourth-order valence-electron chi connectivity index (χ4n) is 2.05. The van der Waals surface area contributed by atoms with Crippen molar-refractivity contribution in [3.8, 4) is 0 Å². The molecule has 0 fully saturated rings. The summed E-state index contributed by atoms with van der Waals surface area (Å²) in [7, 11) is 0. The normalized spacial score (nSPS) is 12.8. The number of amides is 2. The van der Waals surface area contributed by atoms with Crippen molar-refractivity contribution in [2.45, 2.75) is 51.7 Å². The highest BCUT2D eigenvalue weighted by Gasteiger charge is 2.26. The Bertz CT molecular complexity index is 793. The molecule has 0 aliphatic rings. The number of carbonyl (C=O) groups excluding carboxylic acids is 3. The lowest BCUT2D eigenvalue weighted by Gasteiger charge is -2.22. The molecule has 1 aromatic carbocycles. The number of hydrogen-bond donors (Lipinski definition) is 3. The van der Waals surface area contributed by atoms with Gasteiger partial charge in [-0.15, -0.1) is 0 Å². The van der Waals surface area contributed by atoms with Gasteiger partial charge in [-0.2, -0.15) is 0 Å². The minimum atomic E-state index is -1.20. The molecule has 0 unspecified atom stereocenters. The van der Waals surface area contributed by atoms with Gasteiger partial charge in [0.1, 0.15) is 17.5 Å². The maximum absolute atomic E-state index is 12.3. The van der Waals surface area contributed by atoms with Crippen molar-refractivity contribution in [2.75, 3.05) is 0 Å². The summed E-state index contributed by atoms with van der Waals surface area (Å²) in [5.74, 6) is -1.61. The van der Waals surface area contributed by atoms with Gasteiger partial charge in [-0.05, 0) is 44.9 Å². The number of primary amides is 1. The van der Waals surface area contributed by atoms with Crippen molar-refractivity contribution in [3.05, 3.63) is 33.8 Å². The third kappa shape index (κ3) is 10.00. The summed E-state index contributed by atoms with van der Waals surface area (Å²) in [5, 5.41) is 6.73. The summed E-state index contributed by atoms with van der Waals surface area (Å²) in [5.41, 5.74) is 10.7. The number of amidine groups is 1. The molecule has 1 rings (SSSR count). The molecular weight excluding hydrogens is 423 g/mol. The number of benzene rings is 1. The molecule has 0 heterocycles. The van der Waals surface area contributed by atoms with Crippen LogP contribution in [0.15, 0.2) is 23.4 Å². The van der Waals surface area contributed by atoms with E-state index < -0.39 is 29.6 Å². The molecule has 1 atom stereocenters. The number of nitrogens with two attached hydrogens (primary N) is 2. The molecule has 9 nitrogen and oxygen atoms in total. The van der Waals surface area contributed by atoms with Gasteiger partial charge in [-0.25, -0.2) is 9.59 Å². The first-order valence-corrected chi connectivity index (χ1v) is 9.38. The van der Waals surface area contributed by atoms with Crippen molar-refractivity contribution in [2.24, 2.45) is 16.6 Å². The van der Waals surface area contributed by atoms with E-state index in [0.29, 0.717) is 15.6 Å². The molecule has 0 aliphatic carbocycles. The molecule has 0 aliphatic heterocycles. The van der Waals surface area contributed by atoms with Crippen LogP contribution in [0.2, 0.25) is 10.0 Å². The largest absolute Gasteiger partial charge is 0.444 e. The Morgan fingerprint density at radius 1 is 1.21 bits per heavy atom. The summed E-state index contributed by atoms with van der Waals surface area (Å²) >= 11 is 11.9. The first kappa shape index (κ1) is 24.5. The third-order valence-electron chi connectivity index (χ3n) is 3.29. The van der Waals surface area contributed by atoms with Gasteiger partial charge in [0.15, 0.2) is 0 Å². The molecule has 0 bridgehead atoms. The average molecular weight is 447 g/mol. The second kappa shape index (κ2) is 10.9. The number of alkyl carbamates (subject to hydrolysis) is 1. The van der Waals surface area contributed by atoms with Crippen LogP contribution in [0, 0.1) is 0 Å². The number of nitrogens with zero attached hydrogens (tertiary/aromatic N) is 1. The fourth-order valence-corrected chi connectivity index (χ4v) is 2.52. The van der Waals surface area contributed by atoms with E-state index in [1.807, 2.05) is 0 Å². The van der Waals surface area contributed by atoms with Gasteiger partial charge in [0.2, 0.25) is 5.91 Å². The van der Waals surface area contributed by atoms with Crippen molar-refractivity contribution >= 4 is 47.0 Å². The van der Waals surface area contributed by atoms with Crippen LogP contribution in [-0.4, -0.2) is 35.4 Å². The Morgan fingerprint density at radius 2 is 1.86 bits per heavy atom. The lowest BCUT2D eigenvalue weighted by atomic mass is 10.1. The van der Waals surface area contributed by atoms with E-state index in [0.717, 1.165) is 0 Å². The fraction of sp³-hybridized carbons (Fsp3) is 0.444. The minimum Gasteiger partial charge on any atom is -0.444 e. The number of nitrogens with one attached hydrogen (secondary N) is 1. The van der Waals surface area contributed by atoms with E-state index >= 15 is 0 Å². The Labute approximate surface area is 178 Å². The third-order valence-corrected chi connectivity index (χ3v) is 3.88. The summed E-state index contributed by atoms with van der Waals surface area (Å²) in [6, 6.07) is 3.64. The van der Waals surface area contributed by atoms with Gasteiger partial charge in [-0.1, -0.05) is 34.4 Å². The summed E-state index contributed by atoms with van der Waals surface area (Å²) < 4.78 is 5.09. The highest BCUT2D eigenvalue weighted by molar-refractivity contribution is 6.35. The van der Waals surface area contributed by atoms with Gasteiger partial charge < -0.3 is 26.4 Å². The zero-order valence-corrected chi connectivity index (χ0v) is 17.8. The molecule has 0 saturated heterocycles. The molecule has 2 amide bonds. The number of rotatable bonds is 8. The number of ether oxygens (including phenoxy) is 1. The predicted molar refractivity (Wildman–Crippen MR) is 109 cm³/mol. The lowest BCUT2D eigenvalue weighted by molar-refractivity contribution is -0.146. The van der Waals surface area contributed by atoms with Crippen LogP contribution in [0.5, 0.6) is 0 Å². The zero-order valence-electron chi connectivity index (χ0n) is 16.3. The van der Waals surface area contributed by atoms with E-state index in [1.54, 1.807) is 39.0 Å². The van der Waals surface area contributed by atoms with E-state index in [4.69, 9.17) is 44.2 Å². The molecule has 160 valence electrons. The van der Waals surface area contributed by atoms with Gasteiger partial charge in [0.25, 0.3) is 0 Å². The molecule has 0 aromatic heterocycles. The first-order chi connectivity index (χ1) is 13.4. The molecule has 29 heavy (non-hydrogen) atoms. The smallest absolute Gasteiger partial charge is 0.408 e. The maximum atomic E-state index is 12.3. The van der Waals surface area contributed by atoms with Gasteiger partial charge in [-0.3, -0.25) is 4.79 Å². The quantitative estimate of drug-likeness (QED) is 0.242. The van der Waals surface area contributed by atoms with Crippen LogP contribution in [0.4, 0.5) is 4.79 Å². The van der Waals surface area contributed by atoms with Crippen LogP contribution >= 0.6 is 23.2 Å². The highest BCUT2D eigenvalue weighted by atomic mass is 35.5. The van der Waals surface area contributed by atoms with E-state index in [2.05, 4.69) is 10.5 Å². The second-order valence-electron chi connectivity index (χ2n) is 7.11. The standard InChI is InChI=1S/C18H24Cl2N4O5/c1-18(2,3)28-17(27)23-13(6-7-15(22)25)16(26)29-24-14(21)8-10-4-5-11(19)9-12(10)20/h4-5,9,13H,6-8H2,1-3H3,(H2,21,24)(H2,22,25)(H,23,27)/t13-/m0/s1. The van der Waals surface area contributed by atoms with Crippen LogP contribution < -0.4 is 16.8 Å². The van der Waals surface area contributed by atoms with Crippen molar-refractivity contribution < 1.29 is 24.0 Å². The van der Waals surface area contributed by atoms with Crippen LogP contribution in [0.1, 0.15) is 39.2 Å². The number of carbonyl (C=O) groups is 3. The molecule has 0 radical (unpaired) electrons. The molecular formula is C18H24Cl2N4O5. The number of hydrogen-bond acceptors (Lipinski definition) is 6. The molecule has 0 spiro atoms. The van der Waals surface area contributed by atoms with Gasteiger partial charge in [0.05, 0.1) is 0 Å². The van der Waals surface area contributed by atoms with Crippen LogP contribution in [0.3, 0.4) is 0 Å². The highest BCUT2D eigenvalue weighted by Crippen LogP contribution is 2.21. The van der Waals surface area contributed by atoms with E-state index in [1.165, 1.54) is 0 Å². The summed E-state index contributed by atoms with van der Waals surface area (Å²) in [6.45, 7) is 4.99. The molecule has 0 saturated carbocycles. The summed E-state index contributed by atoms with van der Waals surface area (Å²) in [6.07, 6.45) is -0.996. The van der Waals surface area contributed by atoms with Crippen molar-refractivity contribution in [1.29, 1.82) is 0 Å². The average Bonchev–Trinajstić information content (AvgIpc) is 2.57. The Kier molecular flexibility index (Phi) is 9.19. The Morgan fingerprint density at radius 3 is 2.41 bits per heavy atom. The van der Waals surface area contributed by atoms with E-state index in [9.17, 15) is 14.4 Å². The maximum Gasteiger partial charge on any atom is 0.408 e. The Hall–Kier alpha value is -2.52. The van der Waals surface area contributed by atoms with Crippen LogP contribution in [-0.2, 0) is 25.6 Å².